The SMILES string of the molecule is C=CCNCc1ccccc1C(C)C. The van der Waals surface area contributed by atoms with Crippen LogP contribution in [0.1, 0.15) is 30.9 Å². The van der Waals surface area contributed by atoms with E-state index in [1.807, 2.05) is 6.08 Å². The predicted molar refractivity (Wildman–Crippen MR) is 62.4 cm³/mol. The van der Waals surface area contributed by atoms with Gasteiger partial charge in [0.25, 0.3) is 0 Å². The fourth-order valence-corrected chi connectivity index (χ4v) is 1.57. The summed E-state index contributed by atoms with van der Waals surface area (Å²) >= 11 is 0. The van der Waals surface area contributed by atoms with Crippen molar-refractivity contribution in [3.63, 3.8) is 0 Å². The highest BCUT2D eigenvalue weighted by Gasteiger charge is 2.03. The highest BCUT2D eigenvalue weighted by atomic mass is 14.8. The maximum atomic E-state index is 3.69. The number of benzene rings is 1. The molecule has 0 spiro atoms. The zero-order chi connectivity index (χ0) is 10.4. The van der Waals surface area contributed by atoms with Gasteiger partial charge in [0.05, 0.1) is 0 Å². The summed E-state index contributed by atoms with van der Waals surface area (Å²) in [7, 11) is 0. The van der Waals surface area contributed by atoms with Crippen LogP contribution < -0.4 is 5.32 Å². The van der Waals surface area contributed by atoms with Gasteiger partial charge in [-0.25, -0.2) is 0 Å². The summed E-state index contributed by atoms with van der Waals surface area (Å²) in [5.41, 5.74) is 2.83. The van der Waals surface area contributed by atoms with Gasteiger partial charge >= 0.3 is 0 Å². The van der Waals surface area contributed by atoms with Gasteiger partial charge in [0.15, 0.2) is 0 Å². The summed E-state index contributed by atoms with van der Waals surface area (Å²) in [6.07, 6.45) is 1.89. The number of rotatable bonds is 5. The largest absolute Gasteiger partial charge is 0.309 e. The lowest BCUT2D eigenvalue weighted by Crippen LogP contribution is -2.14. The maximum absolute atomic E-state index is 3.69. The maximum Gasteiger partial charge on any atom is 0.0211 e. The van der Waals surface area contributed by atoms with Crippen molar-refractivity contribution < 1.29 is 0 Å². The van der Waals surface area contributed by atoms with Crippen LogP contribution in [0.4, 0.5) is 0 Å². The van der Waals surface area contributed by atoms with E-state index in [2.05, 4.69) is 50.0 Å². The van der Waals surface area contributed by atoms with E-state index in [0.29, 0.717) is 5.92 Å². The summed E-state index contributed by atoms with van der Waals surface area (Å²) < 4.78 is 0. The van der Waals surface area contributed by atoms with E-state index in [-0.39, 0.29) is 0 Å². The smallest absolute Gasteiger partial charge is 0.0211 e. The third-order valence-electron chi connectivity index (χ3n) is 2.28. The lowest BCUT2D eigenvalue weighted by Gasteiger charge is -2.12. The van der Waals surface area contributed by atoms with Crippen molar-refractivity contribution in [3.8, 4) is 0 Å². The average Bonchev–Trinajstić information content (AvgIpc) is 2.19. The molecule has 1 aromatic carbocycles. The molecule has 0 radical (unpaired) electrons. The molecule has 0 saturated heterocycles. The van der Waals surface area contributed by atoms with Crippen molar-refractivity contribution in [3.05, 3.63) is 48.0 Å². The molecule has 0 unspecified atom stereocenters. The quantitative estimate of drug-likeness (QED) is 0.554. The number of hydrogen-bond donors (Lipinski definition) is 1. The first-order chi connectivity index (χ1) is 6.75. The minimum absolute atomic E-state index is 0.594. The van der Waals surface area contributed by atoms with E-state index >= 15 is 0 Å². The van der Waals surface area contributed by atoms with Gasteiger partial charge in [-0.15, -0.1) is 6.58 Å². The Morgan fingerprint density at radius 2 is 2.07 bits per heavy atom. The second-order valence-electron chi connectivity index (χ2n) is 3.77. The summed E-state index contributed by atoms with van der Waals surface area (Å²) in [6.45, 7) is 9.94. The predicted octanol–water partition coefficient (Wildman–Crippen LogP) is 3.09. The Balaban J connectivity index is 2.69. The van der Waals surface area contributed by atoms with Crippen LogP contribution in [-0.2, 0) is 6.54 Å². The molecule has 0 aliphatic carbocycles. The van der Waals surface area contributed by atoms with Gasteiger partial charge in [-0.2, -0.15) is 0 Å². The lowest BCUT2D eigenvalue weighted by molar-refractivity contribution is 0.737. The Hall–Kier alpha value is -1.08. The fraction of sp³-hybridized carbons (Fsp3) is 0.385. The minimum Gasteiger partial charge on any atom is -0.309 e. The molecule has 0 fully saturated rings. The van der Waals surface area contributed by atoms with E-state index in [9.17, 15) is 0 Å². The first-order valence-corrected chi connectivity index (χ1v) is 5.15. The fourth-order valence-electron chi connectivity index (χ4n) is 1.57. The van der Waals surface area contributed by atoms with E-state index in [4.69, 9.17) is 0 Å². The van der Waals surface area contributed by atoms with Crippen LogP contribution in [0.15, 0.2) is 36.9 Å². The molecule has 0 aliphatic rings. The van der Waals surface area contributed by atoms with Crippen molar-refractivity contribution in [1.29, 1.82) is 0 Å². The molecule has 0 aromatic heterocycles. The molecule has 1 nitrogen and oxygen atoms in total. The number of hydrogen-bond acceptors (Lipinski definition) is 1. The monoisotopic (exact) mass is 189 g/mol. The Bertz CT molecular complexity index is 289. The van der Waals surface area contributed by atoms with E-state index in [1.165, 1.54) is 11.1 Å². The van der Waals surface area contributed by atoms with Gasteiger partial charge < -0.3 is 5.32 Å². The van der Waals surface area contributed by atoms with Crippen LogP contribution in [0.25, 0.3) is 0 Å². The molecule has 76 valence electrons. The van der Waals surface area contributed by atoms with Gasteiger partial charge in [-0.3, -0.25) is 0 Å². The zero-order valence-electron chi connectivity index (χ0n) is 9.09. The van der Waals surface area contributed by atoms with E-state index in [1.54, 1.807) is 0 Å². The lowest BCUT2D eigenvalue weighted by atomic mass is 9.97. The third kappa shape index (κ3) is 3.00. The molecule has 0 aliphatic heterocycles. The van der Waals surface area contributed by atoms with E-state index in [0.717, 1.165) is 13.1 Å². The third-order valence-corrected chi connectivity index (χ3v) is 2.28. The molecular formula is C13H19N. The molecule has 1 rings (SSSR count). The highest BCUT2D eigenvalue weighted by molar-refractivity contribution is 5.29. The van der Waals surface area contributed by atoms with Gasteiger partial charge in [0, 0.05) is 13.1 Å². The molecule has 0 saturated carbocycles. The van der Waals surface area contributed by atoms with Crippen LogP contribution in [0, 0.1) is 0 Å². The minimum atomic E-state index is 0.594. The van der Waals surface area contributed by atoms with Crippen LogP contribution in [0.5, 0.6) is 0 Å². The summed E-state index contributed by atoms with van der Waals surface area (Å²) in [5, 5.41) is 3.33. The van der Waals surface area contributed by atoms with Crippen LogP contribution in [-0.4, -0.2) is 6.54 Å². The topological polar surface area (TPSA) is 12.0 Å². The van der Waals surface area contributed by atoms with Crippen molar-refractivity contribution in [2.24, 2.45) is 0 Å². The van der Waals surface area contributed by atoms with Gasteiger partial charge in [0.2, 0.25) is 0 Å². The molecule has 0 bridgehead atoms. The van der Waals surface area contributed by atoms with Crippen LogP contribution >= 0.6 is 0 Å². The first-order valence-electron chi connectivity index (χ1n) is 5.15. The Morgan fingerprint density at radius 3 is 2.71 bits per heavy atom. The zero-order valence-corrected chi connectivity index (χ0v) is 9.09. The van der Waals surface area contributed by atoms with Gasteiger partial charge in [-0.1, -0.05) is 44.2 Å². The highest BCUT2D eigenvalue weighted by Crippen LogP contribution is 2.18. The van der Waals surface area contributed by atoms with Crippen molar-refractivity contribution in [1.82, 2.24) is 5.32 Å². The molecule has 1 aromatic rings. The molecule has 1 N–H and O–H groups in total. The Morgan fingerprint density at radius 1 is 1.36 bits per heavy atom. The van der Waals surface area contributed by atoms with Crippen LogP contribution in [0.3, 0.4) is 0 Å². The molecule has 0 amide bonds. The van der Waals surface area contributed by atoms with Gasteiger partial charge in [0.1, 0.15) is 0 Å². The van der Waals surface area contributed by atoms with Crippen molar-refractivity contribution in [2.75, 3.05) is 6.54 Å². The molecular weight excluding hydrogens is 170 g/mol. The Labute approximate surface area is 86.8 Å². The second-order valence-corrected chi connectivity index (χ2v) is 3.77. The normalized spacial score (nSPS) is 10.5. The number of nitrogens with one attached hydrogen (secondary N) is 1. The summed E-state index contributed by atoms with van der Waals surface area (Å²) in [6, 6.07) is 8.59. The van der Waals surface area contributed by atoms with Crippen molar-refractivity contribution in [2.45, 2.75) is 26.3 Å². The summed E-state index contributed by atoms with van der Waals surface area (Å²) in [5.74, 6) is 0.594. The standard InChI is InChI=1S/C13H19N/c1-4-9-14-10-12-7-5-6-8-13(12)11(2)3/h4-8,11,14H,1,9-10H2,2-3H3. The molecule has 0 heterocycles. The molecule has 1 heteroatoms. The van der Waals surface area contributed by atoms with Gasteiger partial charge in [-0.05, 0) is 17.0 Å². The van der Waals surface area contributed by atoms with E-state index < -0.39 is 0 Å². The molecule has 0 atom stereocenters. The summed E-state index contributed by atoms with van der Waals surface area (Å²) in [4.78, 5) is 0. The van der Waals surface area contributed by atoms with Crippen LogP contribution in [0.2, 0.25) is 0 Å². The Kier molecular flexibility index (Phi) is 4.41. The van der Waals surface area contributed by atoms with Crippen molar-refractivity contribution >= 4 is 0 Å². The first kappa shape index (κ1) is 11.0. The average molecular weight is 189 g/mol. The second kappa shape index (κ2) is 5.61. The molecule has 14 heavy (non-hydrogen) atoms.